The van der Waals surface area contributed by atoms with Gasteiger partial charge in [0.05, 0.1) is 17.3 Å². The normalized spacial score (nSPS) is 14.6. The second kappa shape index (κ2) is 8.62. The van der Waals surface area contributed by atoms with E-state index in [0.717, 1.165) is 40.6 Å². The van der Waals surface area contributed by atoms with Crippen molar-refractivity contribution in [1.29, 1.82) is 0 Å². The Morgan fingerprint density at radius 1 is 1.13 bits per heavy atom. The molecule has 1 heterocycles. The van der Waals surface area contributed by atoms with Crippen LogP contribution in [0.15, 0.2) is 65.3 Å². The fraction of sp³-hybridized carbons (Fsp3) is 0.269. The van der Waals surface area contributed by atoms with Gasteiger partial charge in [-0.05, 0) is 54.5 Å². The molecule has 0 aliphatic heterocycles. The van der Waals surface area contributed by atoms with E-state index in [4.69, 9.17) is 4.98 Å². The standard InChI is InChI=1S/C26H27N3O/c1-17(2)20-10-8-19(9-11-20)14-18(3)16-27-29-26(30)23-15-25(21-12-13-21)28-24-7-5-4-6-22(23)24/h4-11,14-17,21H,12-13H2,1-3H3,(H,29,30)/b18-14-,27-16?. The van der Waals surface area contributed by atoms with Gasteiger partial charge in [-0.1, -0.05) is 62.4 Å². The number of aromatic nitrogens is 1. The van der Waals surface area contributed by atoms with E-state index in [1.807, 2.05) is 43.3 Å². The minimum absolute atomic E-state index is 0.208. The lowest BCUT2D eigenvalue weighted by molar-refractivity contribution is 0.0956. The molecule has 152 valence electrons. The van der Waals surface area contributed by atoms with Crippen LogP contribution in [-0.4, -0.2) is 17.1 Å². The molecule has 1 aromatic heterocycles. The number of allylic oxidation sites excluding steroid dienone is 1. The first-order chi connectivity index (χ1) is 14.5. The Bertz CT molecular complexity index is 1120. The number of amides is 1. The lowest BCUT2D eigenvalue weighted by Crippen LogP contribution is -2.18. The van der Waals surface area contributed by atoms with Crippen LogP contribution in [0.5, 0.6) is 0 Å². The van der Waals surface area contributed by atoms with Crippen molar-refractivity contribution in [1.82, 2.24) is 10.4 Å². The number of fused-ring (bicyclic) bond motifs is 1. The van der Waals surface area contributed by atoms with Crippen LogP contribution in [0.3, 0.4) is 0 Å². The lowest BCUT2D eigenvalue weighted by atomic mass is 10.0. The zero-order valence-electron chi connectivity index (χ0n) is 17.7. The molecule has 1 amide bonds. The molecule has 1 fully saturated rings. The Kier molecular flexibility index (Phi) is 5.75. The minimum atomic E-state index is -0.208. The number of carbonyl (C=O) groups excluding carboxylic acids is 1. The van der Waals surface area contributed by atoms with Crippen LogP contribution < -0.4 is 5.43 Å². The molecule has 0 radical (unpaired) electrons. The van der Waals surface area contributed by atoms with Crippen LogP contribution in [0.25, 0.3) is 17.0 Å². The topological polar surface area (TPSA) is 54.4 Å². The number of nitrogens with one attached hydrogen (secondary N) is 1. The Labute approximate surface area is 177 Å². The highest BCUT2D eigenvalue weighted by molar-refractivity contribution is 6.06. The number of hydrogen-bond acceptors (Lipinski definition) is 3. The van der Waals surface area contributed by atoms with Crippen molar-refractivity contribution in [2.75, 3.05) is 0 Å². The van der Waals surface area contributed by atoms with Gasteiger partial charge in [-0.25, -0.2) is 5.43 Å². The monoisotopic (exact) mass is 397 g/mol. The van der Waals surface area contributed by atoms with Crippen LogP contribution >= 0.6 is 0 Å². The van der Waals surface area contributed by atoms with E-state index in [0.29, 0.717) is 17.4 Å². The summed E-state index contributed by atoms with van der Waals surface area (Å²) in [5.74, 6) is 0.795. The third-order valence-corrected chi connectivity index (χ3v) is 5.41. The number of hydrogen-bond donors (Lipinski definition) is 1. The summed E-state index contributed by atoms with van der Waals surface area (Å²) in [6, 6.07) is 18.2. The lowest BCUT2D eigenvalue weighted by Gasteiger charge is -2.08. The quantitative estimate of drug-likeness (QED) is 0.406. The number of benzene rings is 2. The molecule has 0 saturated heterocycles. The molecular formula is C26H27N3O. The molecule has 0 spiro atoms. The molecule has 1 saturated carbocycles. The van der Waals surface area contributed by atoms with Gasteiger partial charge >= 0.3 is 0 Å². The van der Waals surface area contributed by atoms with Gasteiger partial charge in [-0.15, -0.1) is 0 Å². The zero-order valence-corrected chi connectivity index (χ0v) is 17.7. The molecule has 0 bridgehead atoms. The van der Waals surface area contributed by atoms with Crippen LogP contribution in [0.1, 0.15) is 72.6 Å². The summed E-state index contributed by atoms with van der Waals surface area (Å²) in [6.45, 7) is 6.34. The van der Waals surface area contributed by atoms with E-state index in [1.54, 1.807) is 6.21 Å². The van der Waals surface area contributed by atoms with Crippen molar-refractivity contribution in [3.8, 4) is 0 Å². The molecule has 30 heavy (non-hydrogen) atoms. The molecule has 1 aliphatic rings. The van der Waals surface area contributed by atoms with Gasteiger partial charge in [-0.3, -0.25) is 9.78 Å². The SMILES string of the molecule is C/C(C=NNC(=O)c1cc(C2CC2)nc2ccccc12)=C/c1ccc(C(C)C)cc1. The van der Waals surface area contributed by atoms with Crippen molar-refractivity contribution >= 4 is 29.1 Å². The Hall–Kier alpha value is -3.27. The highest BCUT2D eigenvalue weighted by atomic mass is 16.2. The van der Waals surface area contributed by atoms with Gasteiger partial charge < -0.3 is 0 Å². The number of rotatable bonds is 6. The maximum atomic E-state index is 12.8. The second-order valence-corrected chi connectivity index (χ2v) is 8.29. The third kappa shape index (κ3) is 4.65. The fourth-order valence-corrected chi connectivity index (χ4v) is 3.50. The molecule has 3 aromatic rings. The highest BCUT2D eigenvalue weighted by Crippen LogP contribution is 2.40. The summed E-state index contributed by atoms with van der Waals surface area (Å²) in [4.78, 5) is 17.5. The number of hydrazone groups is 1. The summed E-state index contributed by atoms with van der Waals surface area (Å²) in [5.41, 5.74) is 8.57. The Morgan fingerprint density at radius 2 is 1.87 bits per heavy atom. The van der Waals surface area contributed by atoms with Gasteiger partial charge in [-0.2, -0.15) is 5.10 Å². The Balaban J connectivity index is 1.48. The molecular weight excluding hydrogens is 370 g/mol. The molecule has 4 nitrogen and oxygen atoms in total. The smallest absolute Gasteiger partial charge is 0.267 e. The summed E-state index contributed by atoms with van der Waals surface area (Å²) >= 11 is 0. The van der Waals surface area contributed by atoms with Crippen LogP contribution in [0, 0.1) is 0 Å². The van der Waals surface area contributed by atoms with Crippen LogP contribution in [0.4, 0.5) is 0 Å². The molecule has 0 atom stereocenters. The van der Waals surface area contributed by atoms with Gasteiger partial charge in [0.1, 0.15) is 0 Å². The van der Waals surface area contributed by atoms with E-state index in [1.165, 1.54) is 5.56 Å². The minimum Gasteiger partial charge on any atom is -0.267 e. The number of pyridine rings is 1. The number of carbonyl (C=O) groups is 1. The predicted molar refractivity (Wildman–Crippen MR) is 124 cm³/mol. The average Bonchev–Trinajstić information content (AvgIpc) is 3.58. The largest absolute Gasteiger partial charge is 0.272 e. The average molecular weight is 398 g/mol. The predicted octanol–water partition coefficient (Wildman–Crippen LogP) is 6.05. The van der Waals surface area contributed by atoms with E-state index in [9.17, 15) is 4.79 Å². The van der Waals surface area contributed by atoms with Crippen molar-refractivity contribution in [2.45, 2.75) is 45.4 Å². The number of nitrogens with zero attached hydrogens (tertiary/aromatic N) is 2. The summed E-state index contributed by atoms with van der Waals surface area (Å²) in [6.07, 6.45) is 6.02. The summed E-state index contributed by atoms with van der Waals surface area (Å²) in [7, 11) is 0. The molecule has 0 unspecified atom stereocenters. The van der Waals surface area contributed by atoms with E-state index in [2.05, 4.69) is 48.6 Å². The van der Waals surface area contributed by atoms with E-state index >= 15 is 0 Å². The first-order valence-corrected chi connectivity index (χ1v) is 10.5. The van der Waals surface area contributed by atoms with Crippen molar-refractivity contribution in [2.24, 2.45) is 5.10 Å². The highest BCUT2D eigenvalue weighted by Gasteiger charge is 2.26. The van der Waals surface area contributed by atoms with E-state index in [-0.39, 0.29) is 5.91 Å². The first-order valence-electron chi connectivity index (χ1n) is 10.5. The molecule has 4 heteroatoms. The molecule has 2 aromatic carbocycles. The molecule has 1 aliphatic carbocycles. The first kappa shape index (κ1) is 20.0. The van der Waals surface area contributed by atoms with Crippen LogP contribution in [-0.2, 0) is 0 Å². The van der Waals surface area contributed by atoms with Gasteiger partial charge in [0, 0.05) is 17.0 Å². The van der Waals surface area contributed by atoms with Crippen molar-refractivity contribution < 1.29 is 4.79 Å². The fourth-order valence-electron chi connectivity index (χ4n) is 3.50. The summed E-state index contributed by atoms with van der Waals surface area (Å²) in [5, 5.41) is 5.03. The van der Waals surface area contributed by atoms with E-state index < -0.39 is 0 Å². The van der Waals surface area contributed by atoms with Crippen LogP contribution in [0.2, 0.25) is 0 Å². The van der Waals surface area contributed by atoms with Crippen molar-refractivity contribution in [3.63, 3.8) is 0 Å². The van der Waals surface area contributed by atoms with Gasteiger partial charge in [0.25, 0.3) is 5.91 Å². The number of para-hydroxylation sites is 1. The Morgan fingerprint density at radius 3 is 2.57 bits per heavy atom. The summed E-state index contributed by atoms with van der Waals surface area (Å²) < 4.78 is 0. The van der Waals surface area contributed by atoms with Crippen molar-refractivity contribution in [3.05, 3.63) is 82.6 Å². The van der Waals surface area contributed by atoms with Gasteiger partial charge in [0.2, 0.25) is 0 Å². The van der Waals surface area contributed by atoms with Gasteiger partial charge in [0.15, 0.2) is 0 Å². The second-order valence-electron chi connectivity index (χ2n) is 8.29. The molecule has 1 N–H and O–H groups in total. The zero-order chi connectivity index (χ0) is 21.1. The maximum Gasteiger partial charge on any atom is 0.272 e. The molecule has 4 rings (SSSR count). The maximum absolute atomic E-state index is 12.8. The third-order valence-electron chi connectivity index (χ3n) is 5.41.